The van der Waals surface area contributed by atoms with Crippen molar-refractivity contribution in [2.24, 2.45) is 5.92 Å². The SMILES string of the molecule is CC(C)C1(C)C(=O)N(C)C(=S)N1I. The van der Waals surface area contributed by atoms with Gasteiger partial charge in [0.25, 0.3) is 5.91 Å². The topological polar surface area (TPSA) is 23.6 Å². The normalized spacial score (nSPS) is 29.4. The lowest BCUT2D eigenvalue weighted by molar-refractivity contribution is -0.132. The molecule has 13 heavy (non-hydrogen) atoms. The number of amides is 1. The van der Waals surface area contributed by atoms with E-state index >= 15 is 0 Å². The highest BCUT2D eigenvalue weighted by Gasteiger charge is 2.51. The van der Waals surface area contributed by atoms with Crippen molar-refractivity contribution in [3.05, 3.63) is 0 Å². The van der Waals surface area contributed by atoms with Crippen LogP contribution in [0.5, 0.6) is 0 Å². The van der Waals surface area contributed by atoms with E-state index in [0.717, 1.165) is 0 Å². The minimum absolute atomic E-state index is 0.0851. The molecule has 1 unspecified atom stereocenters. The van der Waals surface area contributed by atoms with Crippen molar-refractivity contribution in [1.29, 1.82) is 0 Å². The van der Waals surface area contributed by atoms with Gasteiger partial charge in [-0.3, -0.25) is 12.8 Å². The zero-order valence-corrected chi connectivity index (χ0v) is 11.1. The van der Waals surface area contributed by atoms with Crippen molar-refractivity contribution >= 4 is 46.1 Å². The number of hydrogen-bond donors (Lipinski definition) is 0. The highest BCUT2D eigenvalue weighted by Crippen LogP contribution is 2.36. The van der Waals surface area contributed by atoms with Crippen LogP contribution in [-0.4, -0.2) is 31.6 Å². The van der Waals surface area contributed by atoms with Gasteiger partial charge in [-0.05, 0) is 25.1 Å². The van der Waals surface area contributed by atoms with Crippen molar-refractivity contribution in [1.82, 2.24) is 8.01 Å². The quantitative estimate of drug-likeness (QED) is 0.419. The van der Waals surface area contributed by atoms with Crippen LogP contribution in [0.15, 0.2) is 0 Å². The first-order chi connectivity index (χ1) is 5.83. The fourth-order valence-corrected chi connectivity index (χ4v) is 2.67. The number of hydrogen-bond acceptors (Lipinski definition) is 2. The summed E-state index contributed by atoms with van der Waals surface area (Å²) in [7, 11) is 1.73. The Bertz CT molecular complexity index is 269. The Morgan fingerprint density at radius 2 is 2.00 bits per heavy atom. The Hall–Kier alpha value is 0.0900. The van der Waals surface area contributed by atoms with Gasteiger partial charge in [-0.15, -0.1) is 0 Å². The summed E-state index contributed by atoms with van der Waals surface area (Å²) in [5.74, 6) is 0.335. The minimum Gasteiger partial charge on any atom is -0.290 e. The molecule has 1 saturated heterocycles. The molecule has 1 fully saturated rings. The summed E-state index contributed by atoms with van der Waals surface area (Å²) >= 11 is 7.25. The average Bonchev–Trinajstić information content (AvgIpc) is 2.22. The molecule has 3 nitrogen and oxygen atoms in total. The fourth-order valence-electron chi connectivity index (χ4n) is 1.31. The van der Waals surface area contributed by atoms with Crippen LogP contribution < -0.4 is 0 Å². The first-order valence-electron chi connectivity index (χ1n) is 4.11. The van der Waals surface area contributed by atoms with Gasteiger partial charge in [0, 0.05) is 7.05 Å². The van der Waals surface area contributed by atoms with Crippen LogP contribution in [0.25, 0.3) is 0 Å². The predicted molar refractivity (Wildman–Crippen MR) is 64.5 cm³/mol. The van der Waals surface area contributed by atoms with Gasteiger partial charge in [0.15, 0.2) is 5.11 Å². The Morgan fingerprint density at radius 1 is 1.54 bits per heavy atom. The Labute approximate surface area is 97.9 Å². The molecule has 0 radical (unpaired) electrons. The van der Waals surface area contributed by atoms with Gasteiger partial charge in [-0.1, -0.05) is 13.8 Å². The monoisotopic (exact) mass is 312 g/mol. The van der Waals surface area contributed by atoms with Gasteiger partial charge in [0.1, 0.15) is 5.54 Å². The summed E-state index contributed by atoms with van der Waals surface area (Å²) in [6.45, 7) is 6.00. The van der Waals surface area contributed by atoms with Crippen molar-refractivity contribution in [2.75, 3.05) is 7.05 Å². The molecule has 0 aliphatic carbocycles. The third kappa shape index (κ3) is 1.36. The summed E-state index contributed by atoms with van der Waals surface area (Å²) in [6.07, 6.45) is 0. The number of nitrogens with zero attached hydrogens (tertiary/aromatic N) is 2. The lowest BCUT2D eigenvalue weighted by atomic mass is 9.89. The van der Waals surface area contributed by atoms with Gasteiger partial charge in [0.05, 0.1) is 22.9 Å². The largest absolute Gasteiger partial charge is 0.290 e. The van der Waals surface area contributed by atoms with E-state index in [1.54, 1.807) is 11.9 Å². The van der Waals surface area contributed by atoms with Gasteiger partial charge < -0.3 is 0 Å². The smallest absolute Gasteiger partial charge is 0.255 e. The number of rotatable bonds is 1. The van der Waals surface area contributed by atoms with Crippen LogP contribution in [0.2, 0.25) is 0 Å². The van der Waals surface area contributed by atoms with Crippen LogP contribution in [0.1, 0.15) is 20.8 Å². The predicted octanol–water partition coefficient (Wildman–Crippen LogP) is 1.81. The van der Waals surface area contributed by atoms with Crippen LogP contribution in [0.4, 0.5) is 0 Å². The molecule has 0 saturated carbocycles. The number of carbonyl (C=O) groups is 1. The molecular formula is C8H13IN2OS. The average molecular weight is 312 g/mol. The third-order valence-corrected chi connectivity index (χ3v) is 4.97. The maximum atomic E-state index is 11.9. The number of carbonyl (C=O) groups excluding carboxylic acids is 1. The van der Waals surface area contributed by atoms with Crippen molar-refractivity contribution in [3.63, 3.8) is 0 Å². The standard InChI is InChI=1S/C8H13IN2OS/c1-5(2)8(3)6(12)10(4)7(13)11(8)9/h5H,1-4H3. The van der Waals surface area contributed by atoms with E-state index in [1.165, 1.54) is 0 Å². The summed E-state index contributed by atoms with van der Waals surface area (Å²) in [5, 5.41) is 0.599. The van der Waals surface area contributed by atoms with Crippen LogP contribution in [0.3, 0.4) is 0 Å². The fraction of sp³-hybridized carbons (Fsp3) is 0.750. The summed E-state index contributed by atoms with van der Waals surface area (Å²) in [4.78, 5) is 13.4. The summed E-state index contributed by atoms with van der Waals surface area (Å²) in [6, 6.07) is 0. The van der Waals surface area contributed by atoms with E-state index in [4.69, 9.17) is 12.2 Å². The number of halogens is 1. The van der Waals surface area contributed by atoms with E-state index < -0.39 is 5.54 Å². The molecule has 1 aliphatic heterocycles. The number of likely N-dealkylation sites (N-methyl/N-ethyl adjacent to an activating group) is 1. The van der Waals surface area contributed by atoms with Crippen LogP contribution in [-0.2, 0) is 4.79 Å². The van der Waals surface area contributed by atoms with Gasteiger partial charge >= 0.3 is 0 Å². The molecular weight excluding hydrogens is 299 g/mol. The van der Waals surface area contributed by atoms with E-state index in [9.17, 15) is 4.79 Å². The molecule has 1 amide bonds. The first-order valence-corrected chi connectivity index (χ1v) is 5.49. The molecule has 0 spiro atoms. The maximum Gasteiger partial charge on any atom is 0.255 e. The van der Waals surface area contributed by atoms with E-state index in [-0.39, 0.29) is 11.8 Å². The lowest BCUT2D eigenvalue weighted by Gasteiger charge is -2.31. The molecule has 1 atom stereocenters. The Morgan fingerprint density at radius 3 is 2.15 bits per heavy atom. The molecule has 0 bridgehead atoms. The third-order valence-electron chi connectivity index (χ3n) is 2.72. The molecule has 0 aromatic heterocycles. The molecule has 0 aromatic carbocycles. The van der Waals surface area contributed by atoms with Crippen molar-refractivity contribution in [3.8, 4) is 0 Å². The summed E-state index contributed by atoms with van der Waals surface area (Å²) in [5.41, 5.74) is -0.480. The second-order valence-corrected chi connectivity index (χ2v) is 5.06. The molecule has 74 valence electrons. The van der Waals surface area contributed by atoms with Gasteiger partial charge in [0.2, 0.25) is 0 Å². The molecule has 5 heteroatoms. The van der Waals surface area contributed by atoms with Crippen molar-refractivity contribution < 1.29 is 4.79 Å². The van der Waals surface area contributed by atoms with Crippen LogP contribution >= 0.6 is 35.1 Å². The second kappa shape index (κ2) is 3.34. The lowest BCUT2D eigenvalue weighted by Crippen LogP contribution is -2.46. The highest BCUT2D eigenvalue weighted by atomic mass is 127. The second-order valence-electron chi connectivity index (χ2n) is 3.73. The Kier molecular flexibility index (Phi) is 2.87. The van der Waals surface area contributed by atoms with Crippen LogP contribution in [0, 0.1) is 5.92 Å². The number of thiocarbonyl (C=S) groups is 1. The minimum atomic E-state index is -0.480. The van der Waals surface area contributed by atoms with Crippen molar-refractivity contribution in [2.45, 2.75) is 26.3 Å². The zero-order chi connectivity index (χ0) is 10.4. The molecule has 0 aromatic rings. The van der Waals surface area contributed by atoms with E-state index in [1.807, 2.05) is 23.9 Å². The molecule has 1 rings (SSSR count). The summed E-state index contributed by atoms with van der Waals surface area (Å²) < 4.78 is 1.85. The molecule has 1 heterocycles. The first kappa shape index (κ1) is 11.2. The van der Waals surface area contributed by atoms with E-state index in [0.29, 0.717) is 5.11 Å². The maximum absolute atomic E-state index is 11.9. The van der Waals surface area contributed by atoms with Gasteiger partial charge in [-0.2, -0.15) is 0 Å². The highest BCUT2D eigenvalue weighted by molar-refractivity contribution is 14.1. The Balaban J connectivity index is 3.13. The van der Waals surface area contributed by atoms with E-state index in [2.05, 4.69) is 22.9 Å². The molecule has 1 aliphatic rings. The zero-order valence-electron chi connectivity index (χ0n) is 8.17. The molecule has 0 N–H and O–H groups in total. The van der Waals surface area contributed by atoms with Gasteiger partial charge in [-0.25, -0.2) is 0 Å².